The van der Waals surface area contributed by atoms with E-state index in [1.807, 2.05) is 0 Å². The van der Waals surface area contributed by atoms with Crippen molar-refractivity contribution in [2.75, 3.05) is 46.9 Å². The Morgan fingerprint density at radius 2 is 0.733 bits per heavy atom. The highest BCUT2D eigenvalue weighted by molar-refractivity contribution is 5.80. The highest BCUT2D eigenvalue weighted by Crippen LogP contribution is 2.24. The summed E-state index contributed by atoms with van der Waals surface area (Å²) in [5.74, 6) is 1.42. The van der Waals surface area contributed by atoms with Crippen LogP contribution >= 0.6 is 0 Å². The van der Waals surface area contributed by atoms with E-state index >= 15 is 0 Å². The van der Waals surface area contributed by atoms with E-state index in [9.17, 15) is 9.59 Å². The van der Waals surface area contributed by atoms with E-state index in [0.717, 1.165) is 77.5 Å². The van der Waals surface area contributed by atoms with Gasteiger partial charge in [-0.2, -0.15) is 0 Å². The molecule has 0 bridgehead atoms. The number of hydrogen-bond acceptors (Lipinski definition) is 5. The summed E-state index contributed by atoms with van der Waals surface area (Å²) in [6.07, 6.45) is 50.0. The van der Waals surface area contributed by atoms with Crippen molar-refractivity contribution in [3.05, 3.63) is 0 Å². The lowest BCUT2D eigenvalue weighted by Crippen LogP contribution is -2.33. The molecule has 0 aliphatic carbocycles. The van der Waals surface area contributed by atoms with Crippen molar-refractivity contribution in [3.63, 3.8) is 0 Å². The lowest BCUT2D eigenvalue weighted by molar-refractivity contribution is -0.145. The van der Waals surface area contributed by atoms with Crippen LogP contribution in [0, 0.1) is 11.8 Å². The zero-order valence-electron chi connectivity index (χ0n) is 42.1. The number of Topliss-reactive ketones (excluding diaryl/α,β-unsaturated/α-hetero) is 1. The fourth-order valence-electron chi connectivity index (χ4n) is 9.01. The molecule has 0 aromatic carbocycles. The third-order valence-electron chi connectivity index (χ3n) is 13.3. The zero-order chi connectivity index (χ0) is 44.0. The van der Waals surface area contributed by atoms with Gasteiger partial charge in [0, 0.05) is 31.8 Å². The van der Waals surface area contributed by atoms with Gasteiger partial charge in [0.05, 0.1) is 6.61 Å². The summed E-state index contributed by atoms with van der Waals surface area (Å²) >= 11 is 0. The molecule has 0 rings (SSSR count). The molecular formula is C55H110N2O3. The molecule has 5 heteroatoms. The Labute approximate surface area is 377 Å². The van der Waals surface area contributed by atoms with Crippen LogP contribution < -0.4 is 0 Å². The number of carbonyl (C=O) groups excluding carboxylic acids is 2. The van der Waals surface area contributed by atoms with Crippen molar-refractivity contribution in [2.24, 2.45) is 11.8 Å². The van der Waals surface area contributed by atoms with Gasteiger partial charge >= 0.3 is 5.97 Å². The number of ether oxygens (including phenoxy) is 1. The number of unbranched alkanes of at least 4 members (excludes halogenated alkanes) is 28. The maximum atomic E-state index is 13.5. The Balaban J connectivity index is 4.60. The van der Waals surface area contributed by atoms with Gasteiger partial charge in [-0.3, -0.25) is 9.59 Å². The quantitative estimate of drug-likeness (QED) is 0.0451. The standard InChI is InChI=1S/C55H110N2O3/c1-7-11-15-19-23-25-28-34-42-52(41-33-27-21-17-13-9-3)51-60-55(59)46-38-32-40-48-57(50-49-56(5)6)47-39-31-37-45-54(58)53(43-35-29-22-18-14-10-4)44-36-30-26-24-20-16-12-8-2/h52-53H,7-51H2,1-6H3. The maximum Gasteiger partial charge on any atom is 0.305 e. The largest absolute Gasteiger partial charge is 0.465 e. The van der Waals surface area contributed by atoms with Crippen molar-refractivity contribution >= 4 is 11.8 Å². The number of hydrogen-bond donors (Lipinski definition) is 0. The summed E-state index contributed by atoms with van der Waals surface area (Å²) < 4.78 is 5.92. The first kappa shape index (κ1) is 59.1. The normalized spacial score (nSPS) is 12.8. The van der Waals surface area contributed by atoms with Gasteiger partial charge in [-0.1, -0.05) is 220 Å². The van der Waals surface area contributed by atoms with Crippen molar-refractivity contribution in [1.29, 1.82) is 0 Å². The molecule has 0 aromatic heterocycles. The Bertz CT molecular complexity index is 878. The molecule has 0 saturated heterocycles. The minimum absolute atomic E-state index is 0.0184. The van der Waals surface area contributed by atoms with Crippen molar-refractivity contribution in [3.8, 4) is 0 Å². The molecule has 0 fully saturated rings. The van der Waals surface area contributed by atoms with Crippen LogP contribution in [-0.4, -0.2) is 68.4 Å². The number of likely N-dealkylation sites (N-methyl/N-ethyl adjacent to an activating group) is 1. The van der Waals surface area contributed by atoms with Crippen LogP contribution in [0.25, 0.3) is 0 Å². The Morgan fingerprint density at radius 3 is 1.13 bits per heavy atom. The third-order valence-corrected chi connectivity index (χ3v) is 13.3. The zero-order valence-corrected chi connectivity index (χ0v) is 42.1. The Morgan fingerprint density at radius 1 is 0.383 bits per heavy atom. The fourth-order valence-corrected chi connectivity index (χ4v) is 9.01. The van der Waals surface area contributed by atoms with Crippen LogP contribution in [0.4, 0.5) is 0 Å². The molecule has 0 aliphatic rings. The van der Waals surface area contributed by atoms with Crippen molar-refractivity contribution < 1.29 is 14.3 Å². The molecule has 0 amide bonds. The first-order valence-corrected chi connectivity index (χ1v) is 27.4. The van der Waals surface area contributed by atoms with Gasteiger partial charge in [0.15, 0.2) is 0 Å². The van der Waals surface area contributed by atoms with Gasteiger partial charge < -0.3 is 14.5 Å². The van der Waals surface area contributed by atoms with E-state index in [0.29, 0.717) is 30.6 Å². The Kier molecular flexibility index (Phi) is 46.8. The van der Waals surface area contributed by atoms with E-state index in [2.05, 4.69) is 51.6 Å². The van der Waals surface area contributed by atoms with Crippen molar-refractivity contribution in [1.82, 2.24) is 9.80 Å². The number of carbonyl (C=O) groups is 2. The number of esters is 1. The predicted molar refractivity (Wildman–Crippen MR) is 265 cm³/mol. The Hall–Kier alpha value is -0.940. The van der Waals surface area contributed by atoms with Gasteiger partial charge in [-0.05, 0) is 84.5 Å². The third kappa shape index (κ3) is 42.4. The van der Waals surface area contributed by atoms with E-state index in [4.69, 9.17) is 4.74 Å². The van der Waals surface area contributed by atoms with E-state index in [1.165, 1.54) is 199 Å². The minimum Gasteiger partial charge on any atom is -0.465 e. The molecule has 5 nitrogen and oxygen atoms in total. The molecule has 0 aliphatic heterocycles. The molecule has 358 valence electrons. The number of rotatable bonds is 50. The fraction of sp³-hybridized carbons (Fsp3) is 0.964. The predicted octanol–water partition coefficient (Wildman–Crippen LogP) is 16.9. The van der Waals surface area contributed by atoms with Gasteiger partial charge in [0.25, 0.3) is 0 Å². The van der Waals surface area contributed by atoms with Crippen LogP contribution in [0.3, 0.4) is 0 Å². The summed E-state index contributed by atoms with van der Waals surface area (Å²) in [5, 5.41) is 0. The highest BCUT2D eigenvalue weighted by Gasteiger charge is 2.18. The molecule has 2 atom stereocenters. The topological polar surface area (TPSA) is 49.9 Å². The minimum atomic E-state index is 0.0184. The average Bonchev–Trinajstić information content (AvgIpc) is 3.24. The van der Waals surface area contributed by atoms with E-state index in [-0.39, 0.29) is 5.97 Å². The van der Waals surface area contributed by atoms with Crippen molar-refractivity contribution in [2.45, 2.75) is 285 Å². The molecular weight excluding hydrogens is 737 g/mol. The second-order valence-electron chi connectivity index (χ2n) is 19.6. The van der Waals surface area contributed by atoms with E-state index in [1.54, 1.807) is 0 Å². The van der Waals surface area contributed by atoms with E-state index < -0.39 is 0 Å². The summed E-state index contributed by atoms with van der Waals surface area (Å²) in [6.45, 7) is 14.2. The van der Waals surface area contributed by atoms with Gasteiger partial charge in [-0.25, -0.2) is 0 Å². The molecule has 60 heavy (non-hydrogen) atoms. The number of nitrogens with zero attached hydrogens (tertiary/aromatic N) is 2. The second-order valence-corrected chi connectivity index (χ2v) is 19.6. The molecule has 0 N–H and O–H groups in total. The molecule has 0 saturated carbocycles. The van der Waals surface area contributed by atoms with Crippen LogP contribution in [0.1, 0.15) is 285 Å². The molecule has 2 unspecified atom stereocenters. The summed E-state index contributed by atoms with van der Waals surface area (Å²) in [6, 6.07) is 0. The van der Waals surface area contributed by atoms with Gasteiger partial charge in [0.2, 0.25) is 0 Å². The maximum absolute atomic E-state index is 13.5. The first-order chi connectivity index (χ1) is 29.4. The molecule has 0 aromatic rings. The first-order valence-electron chi connectivity index (χ1n) is 27.4. The van der Waals surface area contributed by atoms with Crippen LogP contribution in [-0.2, 0) is 14.3 Å². The lowest BCUT2D eigenvalue weighted by Gasteiger charge is -2.24. The van der Waals surface area contributed by atoms with Crippen LogP contribution in [0.2, 0.25) is 0 Å². The average molecular weight is 847 g/mol. The monoisotopic (exact) mass is 847 g/mol. The summed E-state index contributed by atoms with van der Waals surface area (Å²) in [5.41, 5.74) is 0. The second kappa shape index (κ2) is 47.5. The highest BCUT2D eigenvalue weighted by atomic mass is 16.5. The smallest absolute Gasteiger partial charge is 0.305 e. The summed E-state index contributed by atoms with van der Waals surface area (Å²) in [4.78, 5) is 31.2. The molecule has 0 heterocycles. The van der Waals surface area contributed by atoms with Crippen LogP contribution in [0.5, 0.6) is 0 Å². The molecule has 0 spiro atoms. The lowest BCUT2D eigenvalue weighted by atomic mass is 9.88. The summed E-state index contributed by atoms with van der Waals surface area (Å²) in [7, 11) is 4.33. The number of ketones is 1. The van der Waals surface area contributed by atoms with Gasteiger partial charge in [0.1, 0.15) is 5.78 Å². The SMILES string of the molecule is CCCCCCCCCCC(CCCCCCCC)COC(=O)CCCCCN(CCCCCC(=O)C(CCCCCCCC)CCCCCCCCCC)CCN(C)C. The van der Waals surface area contributed by atoms with Crippen LogP contribution in [0.15, 0.2) is 0 Å². The molecule has 0 radical (unpaired) electrons. The van der Waals surface area contributed by atoms with Gasteiger partial charge in [-0.15, -0.1) is 0 Å².